The molecule has 2 unspecified atom stereocenters. The largest absolute Gasteiger partial charge is 1.00 e. The summed E-state index contributed by atoms with van der Waals surface area (Å²) in [7, 11) is 0. The Bertz CT molecular complexity index is 1060. The molecular weight excluding hydrogens is 500 g/mol. The van der Waals surface area contributed by atoms with E-state index in [1.54, 1.807) is 31.3 Å². The van der Waals surface area contributed by atoms with Gasteiger partial charge < -0.3 is 24.8 Å². The van der Waals surface area contributed by atoms with Crippen LogP contribution in [0.15, 0.2) is 40.5 Å². The number of hydrogen-bond acceptors (Lipinski definition) is 0. The molecule has 4 heteroatoms. The van der Waals surface area contributed by atoms with Crippen LogP contribution in [0.5, 0.6) is 0 Å². The summed E-state index contributed by atoms with van der Waals surface area (Å²) in [5.74, 6) is 0.790. The fourth-order valence-electron chi connectivity index (χ4n) is 5.84. The smallest absolute Gasteiger partial charge is 1.00 e. The standard InChI is InChI=1S/C16H22N.C11H15.2ClH.Zr/c1-15(2,3)11-8-7-9-13-14(11)12(10-17-13)16(4,5)6;1-6-5-10-8(3)7(2)9(4)11(6)10;;;/h7-9,17H,1-6H3;6H,5H2,1-4H3;2*1H;/q;;;;+2/p-2. The second-order valence-corrected chi connectivity index (χ2v) is 15.3. The van der Waals surface area contributed by atoms with E-state index in [9.17, 15) is 0 Å². The average molecular weight is 538 g/mol. The minimum atomic E-state index is -0.920. The molecule has 1 fully saturated rings. The molecule has 1 nitrogen and oxygen atoms in total. The summed E-state index contributed by atoms with van der Waals surface area (Å²) in [5.41, 5.74) is 11.4. The maximum absolute atomic E-state index is 3.99. The summed E-state index contributed by atoms with van der Waals surface area (Å²) in [5, 5.41) is 1.50. The second-order valence-electron chi connectivity index (χ2n) is 11.5. The van der Waals surface area contributed by atoms with Crippen LogP contribution in [-0.2, 0) is 34.1 Å². The van der Waals surface area contributed by atoms with Crippen molar-refractivity contribution in [3.8, 4) is 0 Å². The Morgan fingerprint density at radius 2 is 1.55 bits per heavy atom. The maximum atomic E-state index is 3.99. The van der Waals surface area contributed by atoms with E-state index in [1.165, 1.54) is 22.9 Å². The summed E-state index contributed by atoms with van der Waals surface area (Å²) in [6.07, 6.45) is 1.31. The predicted molar refractivity (Wildman–Crippen MR) is 123 cm³/mol. The minimum Gasteiger partial charge on any atom is -1.00 e. The topological polar surface area (TPSA) is 15.8 Å². The van der Waals surface area contributed by atoms with Gasteiger partial charge in [-0.05, 0) is 0 Å². The van der Waals surface area contributed by atoms with Crippen LogP contribution < -0.4 is 28.2 Å². The van der Waals surface area contributed by atoms with Crippen LogP contribution in [0, 0.1) is 5.92 Å². The average Bonchev–Trinajstić information content (AvgIpc) is 3.04. The monoisotopic (exact) mass is 535 g/mol. The summed E-state index contributed by atoms with van der Waals surface area (Å²) >= 11 is -0.920. The second kappa shape index (κ2) is 8.49. The molecule has 168 valence electrons. The van der Waals surface area contributed by atoms with Gasteiger partial charge in [0.05, 0.1) is 0 Å². The predicted octanol–water partition coefficient (Wildman–Crippen LogP) is 1.34. The zero-order valence-electron chi connectivity index (χ0n) is 20.8. The Morgan fingerprint density at radius 3 is 2.03 bits per heavy atom. The molecule has 0 bridgehead atoms. The molecule has 1 aromatic heterocycles. The molecular formula is C27H37Cl2NZr. The molecule has 2 atom stereocenters. The van der Waals surface area contributed by atoms with Gasteiger partial charge in [0, 0.05) is 0 Å². The molecule has 4 rings (SSSR count). The third-order valence-electron chi connectivity index (χ3n) is 7.60. The van der Waals surface area contributed by atoms with E-state index in [4.69, 9.17) is 0 Å². The van der Waals surface area contributed by atoms with E-state index >= 15 is 0 Å². The van der Waals surface area contributed by atoms with Crippen LogP contribution in [0.3, 0.4) is 0 Å². The number of H-pyrrole nitrogens is 1. The van der Waals surface area contributed by atoms with Gasteiger partial charge in [0.2, 0.25) is 0 Å². The van der Waals surface area contributed by atoms with Crippen molar-refractivity contribution in [3.63, 3.8) is 0 Å². The molecule has 1 heterocycles. The van der Waals surface area contributed by atoms with Crippen molar-refractivity contribution in [2.75, 3.05) is 0 Å². The van der Waals surface area contributed by atoms with Crippen molar-refractivity contribution in [2.45, 2.75) is 89.6 Å². The number of hydrogen-bond donors (Lipinski definition) is 1. The molecule has 0 amide bonds. The first kappa shape index (κ1) is 27.0. The van der Waals surface area contributed by atoms with Gasteiger partial charge in [-0.1, -0.05) is 0 Å². The first-order valence-corrected chi connectivity index (χ1v) is 13.6. The zero-order valence-corrected chi connectivity index (χ0v) is 24.7. The van der Waals surface area contributed by atoms with Gasteiger partial charge in [0.15, 0.2) is 0 Å². The summed E-state index contributed by atoms with van der Waals surface area (Å²) in [6.45, 7) is 23.9. The van der Waals surface area contributed by atoms with Crippen LogP contribution in [0.1, 0.15) is 86.8 Å². The van der Waals surface area contributed by atoms with Crippen LogP contribution >= 0.6 is 0 Å². The van der Waals surface area contributed by atoms with Gasteiger partial charge in [-0.15, -0.1) is 0 Å². The number of fused-ring (bicyclic) bond motifs is 2. The Balaban J connectivity index is 0.00000171. The number of nitrogens with one attached hydrogen (secondary N) is 1. The van der Waals surface area contributed by atoms with E-state index in [-0.39, 0.29) is 35.6 Å². The normalized spacial score (nSPS) is 23.2. The van der Waals surface area contributed by atoms with Gasteiger partial charge in [-0.25, -0.2) is 0 Å². The van der Waals surface area contributed by atoms with E-state index in [0.717, 1.165) is 5.92 Å². The van der Waals surface area contributed by atoms with E-state index in [0.29, 0.717) is 3.12 Å². The van der Waals surface area contributed by atoms with E-state index < -0.39 is 23.2 Å². The number of halogens is 2. The first-order valence-electron chi connectivity index (χ1n) is 11.1. The van der Waals surface area contributed by atoms with Crippen molar-refractivity contribution in [3.05, 3.63) is 51.6 Å². The number of aromatic amines is 1. The molecule has 2 aliphatic carbocycles. The molecule has 0 saturated heterocycles. The SMILES string of the molecule is CC1=C(C)[C]2([Zr+2][c]3[nH]c4cccc(C(C)(C)C)c4c3C(C)(C)C)C(=C1C)CC2C.[Cl-].[Cl-]. The summed E-state index contributed by atoms with van der Waals surface area (Å²) < 4.78 is 2.03. The first-order chi connectivity index (χ1) is 13.3. The van der Waals surface area contributed by atoms with E-state index in [2.05, 4.69) is 92.4 Å². The van der Waals surface area contributed by atoms with Crippen molar-refractivity contribution in [1.82, 2.24) is 4.98 Å². The number of benzene rings is 1. The number of allylic oxidation sites excluding steroid dienone is 4. The molecule has 0 aliphatic heterocycles. The van der Waals surface area contributed by atoms with Crippen molar-refractivity contribution >= 4 is 14.3 Å². The molecule has 0 spiro atoms. The molecule has 2 aliphatic rings. The van der Waals surface area contributed by atoms with Crippen LogP contribution in [0.4, 0.5) is 0 Å². The minimum absolute atomic E-state index is 0. The summed E-state index contributed by atoms with van der Waals surface area (Å²) in [6, 6.07) is 6.89. The van der Waals surface area contributed by atoms with Crippen LogP contribution in [0.2, 0.25) is 3.12 Å². The van der Waals surface area contributed by atoms with Crippen molar-refractivity contribution in [2.24, 2.45) is 5.92 Å². The molecule has 1 aromatic carbocycles. The van der Waals surface area contributed by atoms with Gasteiger partial charge in [0.1, 0.15) is 0 Å². The quantitative estimate of drug-likeness (QED) is 0.596. The van der Waals surface area contributed by atoms with Gasteiger partial charge in [-0.2, -0.15) is 0 Å². The molecule has 1 saturated carbocycles. The van der Waals surface area contributed by atoms with Gasteiger partial charge >= 0.3 is 190 Å². The maximum Gasteiger partial charge on any atom is -1.00 e. The Kier molecular flexibility index (Phi) is 7.38. The fourth-order valence-corrected chi connectivity index (χ4v) is 11.7. The Labute approximate surface area is 213 Å². The number of aromatic nitrogens is 1. The fraction of sp³-hybridized carbons (Fsp3) is 0.556. The van der Waals surface area contributed by atoms with Crippen LogP contribution in [0.25, 0.3) is 10.9 Å². The van der Waals surface area contributed by atoms with E-state index in [1.807, 2.05) is 0 Å². The van der Waals surface area contributed by atoms with Crippen molar-refractivity contribution in [1.29, 1.82) is 0 Å². The molecule has 2 aromatic rings. The number of rotatable bonds is 2. The molecule has 31 heavy (non-hydrogen) atoms. The third kappa shape index (κ3) is 3.87. The molecule has 0 radical (unpaired) electrons. The summed E-state index contributed by atoms with van der Waals surface area (Å²) in [4.78, 5) is 3.99. The zero-order chi connectivity index (χ0) is 21.5. The van der Waals surface area contributed by atoms with Gasteiger partial charge in [0.25, 0.3) is 0 Å². The Morgan fingerprint density at radius 1 is 0.935 bits per heavy atom. The van der Waals surface area contributed by atoms with Gasteiger partial charge in [-0.3, -0.25) is 0 Å². The Hall–Kier alpha value is -0.297. The third-order valence-corrected chi connectivity index (χ3v) is 13.0. The van der Waals surface area contributed by atoms with Crippen molar-refractivity contribution < 1.29 is 48.0 Å². The van der Waals surface area contributed by atoms with Crippen LogP contribution in [-0.4, -0.2) is 4.98 Å². The molecule has 1 N–H and O–H groups in total.